The van der Waals surface area contributed by atoms with E-state index in [1.165, 1.54) is 0 Å². The lowest BCUT2D eigenvalue weighted by Gasteiger charge is -2.19. The third-order valence-electron chi connectivity index (χ3n) is 3.83. The maximum Gasteiger partial charge on any atom is 0.211 e. The van der Waals surface area contributed by atoms with Crippen molar-refractivity contribution in [2.75, 3.05) is 13.7 Å². The predicted octanol–water partition coefficient (Wildman–Crippen LogP) is 4.01. The van der Waals surface area contributed by atoms with Crippen LogP contribution in [-0.2, 0) is 4.79 Å². The van der Waals surface area contributed by atoms with Gasteiger partial charge in [-0.2, -0.15) is 0 Å². The van der Waals surface area contributed by atoms with Crippen LogP contribution in [0.15, 0.2) is 59.5 Å². The van der Waals surface area contributed by atoms with Crippen molar-refractivity contribution in [1.29, 1.82) is 0 Å². The molecule has 2 aromatic carbocycles. The largest absolute Gasteiger partial charge is 0.497 e. The van der Waals surface area contributed by atoms with E-state index in [1.54, 1.807) is 38.3 Å². The monoisotopic (exact) mass is 345 g/mol. The zero-order valence-corrected chi connectivity index (χ0v) is 14.4. The Bertz CT molecular complexity index is 688. The average Bonchev–Trinajstić information content (AvgIpc) is 2.60. The van der Waals surface area contributed by atoms with E-state index < -0.39 is 11.8 Å². The zero-order chi connectivity index (χ0) is 17.5. The Morgan fingerprint density at radius 1 is 1.17 bits per heavy atom. The van der Waals surface area contributed by atoms with Gasteiger partial charge in [0.1, 0.15) is 5.75 Å². The molecule has 0 amide bonds. The summed E-state index contributed by atoms with van der Waals surface area (Å²) in [4.78, 5) is 24.0. The minimum atomic E-state index is -0.468. The summed E-state index contributed by atoms with van der Waals surface area (Å²) in [5.74, 6) is -0.195. The second-order valence-electron chi connectivity index (χ2n) is 5.42. The van der Waals surface area contributed by atoms with Crippen molar-refractivity contribution < 1.29 is 14.5 Å². The van der Waals surface area contributed by atoms with Crippen LogP contribution in [-0.4, -0.2) is 23.7 Å². The Balaban J connectivity index is 2.13. The van der Waals surface area contributed by atoms with E-state index in [9.17, 15) is 14.9 Å². The van der Waals surface area contributed by atoms with Crippen LogP contribution in [0.1, 0.15) is 18.4 Å². The Hall–Kier alpha value is -2.34. The van der Waals surface area contributed by atoms with Gasteiger partial charge in [-0.3, -0.25) is 14.9 Å². The first-order chi connectivity index (χ1) is 11.5. The van der Waals surface area contributed by atoms with Crippen LogP contribution in [0.3, 0.4) is 0 Å². The second kappa shape index (κ2) is 8.49. The number of ether oxygens (including phenoxy) is 1. The first kappa shape index (κ1) is 18.0. The quantitative estimate of drug-likeness (QED) is 0.431. The third kappa shape index (κ3) is 4.83. The lowest BCUT2D eigenvalue weighted by molar-refractivity contribution is -0.484. The van der Waals surface area contributed by atoms with Gasteiger partial charge < -0.3 is 4.74 Å². The average molecular weight is 345 g/mol. The van der Waals surface area contributed by atoms with E-state index in [1.807, 2.05) is 30.3 Å². The van der Waals surface area contributed by atoms with E-state index in [4.69, 9.17) is 4.74 Å². The number of benzene rings is 2. The SMILES string of the molecule is COc1ccc(SC(=O)[C@H](C)[C@@H](C[N+](=O)[O-])c2ccccc2)cc1. The fourth-order valence-electron chi connectivity index (χ4n) is 2.43. The summed E-state index contributed by atoms with van der Waals surface area (Å²) in [6.45, 7) is 1.49. The van der Waals surface area contributed by atoms with Gasteiger partial charge in [-0.1, -0.05) is 49.0 Å². The van der Waals surface area contributed by atoms with Gasteiger partial charge in [0.25, 0.3) is 0 Å². The van der Waals surface area contributed by atoms with Crippen molar-refractivity contribution >= 4 is 16.9 Å². The molecule has 0 heterocycles. The molecule has 2 atom stereocenters. The number of carbonyl (C=O) groups is 1. The van der Waals surface area contributed by atoms with Crippen molar-refractivity contribution in [2.24, 2.45) is 5.92 Å². The fraction of sp³-hybridized carbons (Fsp3) is 0.278. The van der Waals surface area contributed by atoms with Crippen molar-refractivity contribution in [3.8, 4) is 5.75 Å². The molecule has 5 nitrogen and oxygen atoms in total. The van der Waals surface area contributed by atoms with Gasteiger partial charge in [-0.25, -0.2) is 0 Å². The summed E-state index contributed by atoms with van der Waals surface area (Å²) in [5, 5.41) is 10.9. The molecule has 0 unspecified atom stereocenters. The first-order valence-corrected chi connectivity index (χ1v) is 8.35. The molecule has 0 saturated carbocycles. The Kier molecular flexibility index (Phi) is 6.37. The standard InChI is InChI=1S/C18H19NO4S/c1-13(17(12-19(21)22)14-6-4-3-5-7-14)18(20)24-16-10-8-15(23-2)9-11-16/h3-11,13,17H,12H2,1-2H3/t13-,17-/m1/s1. The van der Waals surface area contributed by atoms with Gasteiger partial charge in [0.2, 0.25) is 6.54 Å². The van der Waals surface area contributed by atoms with Crippen molar-refractivity contribution in [3.63, 3.8) is 0 Å². The van der Waals surface area contributed by atoms with Crippen LogP contribution in [0, 0.1) is 16.0 Å². The predicted molar refractivity (Wildman–Crippen MR) is 94.1 cm³/mol. The van der Waals surface area contributed by atoms with Crippen LogP contribution in [0.4, 0.5) is 0 Å². The highest BCUT2D eigenvalue weighted by atomic mass is 32.2. The Morgan fingerprint density at radius 2 is 1.79 bits per heavy atom. The smallest absolute Gasteiger partial charge is 0.211 e. The van der Waals surface area contributed by atoms with E-state index in [-0.39, 0.29) is 16.6 Å². The minimum absolute atomic E-state index is 0.0872. The number of methoxy groups -OCH3 is 1. The summed E-state index contributed by atoms with van der Waals surface area (Å²) >= 11 is 1.10. The van der Waals surface area contributed by atoms with Crippen LogP contribution in [0.2, 0.25) is 0 Å². The summed E-state index contributed by atoms with van der Waals surface area (Å²) in [6, 6.07) is 16.3. The van der Waals surface area contributed by atoms with Crippen molar-refractivity contribution in [2.45, 2.75) is 17.7 Å². The van der Waals surface area contributed by atoms with Crippen molar-refractivity contribution in [3.05, 3.63) is 70.3 Å². The van der Waals surface area contributed by atoms with E-state index in [0.29, 0.717) is 0 Å². The van der Waals surface area contributed by atoms with Gasteiger partial charge in [0.05, 0.1) is 13.0 Å². The highest BCUT2D eigenvalue weighted by Crippen LogP contribution is 2.32. The molecule has 0 aliphatic carbocycles. The summed E-state index contributed by atoms with van der Waals surface area (Å²) < 4.78 is 5.09. The lowest BCUT2D eigenvalue weighted by Crippen LogP contribution is -2.24. The van der Waals surface area contributed by atoms with Crippen LogP contribution in [0.5, 0.6) is 5.75 Å². The molecule has 0 N–H and O–H groups in total. The molecule has 0 aliphatic rings. The maximum absolute atomic E-state index is 12.6. The zero-order valence-electron chi connectivity index (χ0n) is 13.5. The summed E-state index contributed by atoms with van der Waals surface area (Å²) in [5.41, 5.74) is 0.811. The number of nitrogens with zero attached hydrogens (tertiary/aromatic N) is 1. The minimum Gasteiger partial charge on any atom is -0.497 e. The maximum atomic E-state index is 12.6. The Morgan fingerprint density at radius 3 is 2.33 bits per heavy atom. The third-order valence-corrected chi connectivity index (χ3v) is 4.91. The molecule has 0 radical (unpaired) electrons. The molecule has 0 fully saturated rings. The van der Waals surface area contributed by atoms with Crippen LogP contribution in [0.25, 0.3) is 0 Å². The lowest BCUT2D eigenvalue weighted by atomic mass is 9.88. The fourth-order valence-corrected chi connectivity index (χ4v) is 3.28. The molecule has 0 aromatic heterocycles. The van der Waals surface area contributed by atoms with Gasteiger partial charge in [-0.15, -0.1) is 0 Å². The molecular weight excluding hydrogens is 326 g/mol. The van der Waals surface area contributed by atoms with E-state index in [0.717, 1.165) is 28.0 Å². The number of hydrogen-bond donors (Lipinski definition) is 0. The summed E-state index contributed by atoms with van der Waals surface area (Å²) in [6.07, 6.45) is 0. The highest BCUT2D eigenvalue weighted by Gasteiger charge is 2.30. The molecule has 0 bridgehead atoms. The van der Waals surface area contributed by atoms with Crippen molar-refractivity contribution in [1.82, 2.24) is 0 Å². The molecule has 0 aliphatic heterocycles. The molecule has 0 spiro atoms. The molecule has 2 rings (SSSR count). The molecule has 24 heavy (non-hydrogen) atoms. The molecule has 0 saturated heterocycles. The number of carbonyl (C=O) groups excluding carboxylic acids is 1. The number of rotatable bonds is 7. The molecule has 126 valence electrons. The molecular formula is C18H19NO4S. The number of hydrogen-bond acceptors (Lipinski definition) is 5. The van der Waals surface area contributed by atoms with E-state index >= 15 is 0 Å². The normalized spacial score (nSPS) is 13.1. The second-order valence-corrected chi connectivity index (χ2v) is 6.50. The van der Waals surface area contributed by atoms with Crippen LogP contribution < -0.4 is 4.74 Å². The van der Waals surface area contributed by atoms with E-state index in [2.05, 4.69) is 0 Å². The number of thioether (sulfide) groups is 1. The number of nitro groups is 1. The molecule has 2 aromatic rings. The Labute approximate surface area is 145 Å². The highest BCUT2D eigenvalue weighted by molar-refractivity contribution is 8.13. The van der Waals surface area contributed by atoms with Crippen LogP contribution >= 0.6 is 11.8 Å². The first-order valence-electron chi connectivity index (χ1n) is 7.53. The molecule has 6 heteroatoms. The topological polar surface area (TPSA) is 69.4 Å². The van der Waals surface area contributed by atoms with Gasteiger partial charge >= 0.3 is 0 Å². The van der Waals surface area contributed by atoms with Gasteiger partial charge in [0, 0.05) is 15.7 Å². The van der Waals surface area contributed by atoms with Gasteiger partial charge in [0.15, 0.2) is 5.12 Å². The summed E-state index contributed by atoms with van der Waals surface area (Å²) in [7, 11) is 1.58. The van der Waals surface area contributed by atoms with Gasteiger partial charge in [-0.05, 0) is 29.8 Å².